The zero-order valence-electron chi connectivity index (χ0n) is 12.0. The Hall–Kier alpha value is -1.69. The van der Waals surface area contributed by atoms with Crippen LogP contribution in [0.15, 0.2) is 23.2 Å². The molecular formula is C14H21F2N3O. The van der Waals surface area contributed by atoms with Gasteiger partial charge in [0, 0.05) is 25.3 Å². The molecule has 1 rings (SSSR count). The molecule has 0 aliphatic carbocycles. The van der Waals surface area contributed by atoms with Gasteiger partial charge in [-0.25, -0.2) is 8.78 Å². The SMILES string of the molecule is CCNC(=NCCOC)N[C@@H](C)c1ccc(F)cc1F. The molecule has 0 bridgehead atoms. The molecule has 0 fully saturated rings. The van der Waals surface area contributed by atoms with E-state index in [9.17, 15) is 8.78 Å². The fourth-order valence-electron chi connectivity index (χ4n) is 1.70. The lowest BCUT2D eigenvalue weighted by atomic mass is 10.1. The molecule has 1 aromatic carbocycles. The number of hydrogen-bond acceptors (Lipinski definition) is 2. The van der Waals surface area contributed by atoms with Crippen LogP contribution < -0.4 is 10.6 Å². The van der Waals surface area contributed by atoms with Crippen LogP contribution in [0.3, 0.4) is 0 Å². The minimum atomic E-state index is -0.584. The molecule has 20 heavy (non-hydrogen) atoms. The highest BCUT2D eigenvalue weighted by Gasteiger charge is 2.12. The van der Waals surface area contributed by atoms with Crippen LogP contribution in [0.25, 0.3) is 0 Å². The van der Waals surface area contributed by atoms with Crippen LogP contribution in [0.1, 0.15) is 25.5 Å². The average molecular weight is 285 g/mol. The van der Waals surface area contributed by atoms with Crippen molar-refractivity contribution in [1.82, 2.24) is 10.6 Å². The Morgan fingerprint density at radius 3 is 2.75 bits per heavy atom. The van der Waals surface area contributed by atoms with Gasteiger partial charge in [0.2, 0.25) is 0 Å². The van der Waals surface area contributed by atoms with E-state index in [-0.39, 0.29) is 6.04 Å². The molecule has 0 aliphatic heterocycles. The van der Waals surface area contributed by atoms with E-state index < -0.39 is 11.6 Å². The third-order valence-electron chi connectivity index (χ3n) is 2.69. The summed E-state index contributed by atoms with van der Waals surface area (Å²) in [5, 5.41) is 6.13. The molecule has 1 atom stereocenters. The van der Waals surface area contributed by atoms with Crippen LogP contribution in [0.5, 0.6) is 0 Å². The molecule has 0 saturated heterocycles. The number of guanidine groups is 1. The van der Waals surface area contributed by atoms with Gasteiger partial charge in [0.1, 0.15) is 11.6 Å². The van der Waals surface area contributed by atoms with Crippen molar-refractivity contribution in [3.63, 3.8) is 0 Å². The molecule has 0 saturated carbocycles. The molecule has 4 nitrogen and oxygen atoms in total. The first-order valence-corrected chi connectivity index (χ1v) is 6.57. The smallest absolute Gasteiger partial charge is 0.191 e. The van der Waals surface area contributed by atoms with E-state index >= 15 is 0 Å². The van der Waals surface area contributed by atoms with Crippen molar-refractivity contribution in [2.75, 3.05) is 26.8 Å². The largest absolute Gasteiger partial charge is 0.383 e. The summed E-state index contributed by atoms with van der Waals surface area (Å²) in [7, 11) is 1.60. The van der Waals surface area contributed by atoms with Gasteiger partial charge in [-0.15, -0.1) is 0 Å². The summed E-state index contributed by atoms with van der Waals surface area (Å²) in [4.78, 5) is 4.29. The second kappa shape index (κ2) is 8.47. The standard InChI is InChI=1S/C14H21F2N3O/c1-4-17-14(18-7-8-20-3)19-10(2)12-6-5-11(15)9-13(12)16/h5-6,9-10H,4,7-8H2,1-3H3,(H2,17,18,19)/t10-/m0/s1. The molecule has 0 radical (unpaired) electrons. The summed E-state index contributed by atoms with van der Waals surface area (Å²) in [6.45, 7) is 5.44. The topological polar surface area (TPSA) is 45.7 Å². The highest BCUT2D eigenvalue weighted by atomic mass is 19.1. The van der Waals surface area contributed by atoms with Crippen molar-refractivity contribution in [3.05, 3.63) is 35.4 Å². The van der Waals surface area contributed by atoms with Crippen molar-refractivity contribution in [3.8, 4) is 0 Å². The first-order chi connectivity index (χ1) is 9.58. The van der Waals surface area contributed by atoms with Gasteiger partial charge in [0.05, 0.1) is 19.2 Å². The number of benzene rings is 1. The fourth-order valence-corrected chi connectivity index (χ4v) is 1.70. The number of aliphatic imine (C=N–C) groups is 1. The van der Waals surface area contributed by atoms with E-state index in [1.165, 1.54) is 12.1 Å². The molecule has 0 unspecified atom stereocenters. The van der Waals surface area contributed by atoms with Crippen LogP contribution in [0, 0.1) is 11.6 Å². The highest BCUT2D eigenvalue weighted by Crippen LogP contribution is 2.17. The van der Waals surface area contributed by atoms with Crippen molar-refractivity contribution in [1.29, 1.82) is 0 Å². The Bertz CT molecular complexity index is 452. The van der Waals surface area contributed by atoms with Crippen LogP contribution in [-0.4, -0.2) is 32.8 Å². The minimum absolute atomic E-state index is 0.323. The van der Waals surface area contributed by atoms with Crippen LogP contribution in [-0.2, 0) is 4.74 Å². The Kier molecular flexibility index (Phi) is 6.93. The maximum Gasteiger partial charge on any atom is 0.191 e. The Balaban J connectivity index is 2.74. The third kappa shape index (κ3) is 5.13. The first kappa shape index (κ1) is 16.4. The van der Waals surface area contributed by atoms with Gasteiger partial charge in [0.25, 0.3) is 0 Å². The van der Waals surface area contributed by atoms with Gasteiger partial charge >= 0.3 is 0 Å². The summed E-state index contributed by atoms with van der Waals surface area (Å²) in [6.07, 6.45) is 0. The zero-order chi connectivity index (χ0) is 15.0. The minimum Gasteiger partial charge on any atom is -0.383 e. The Morgan fingerprint density at radius 1 is 1.40 bits per heavy atom. The van der Waals surface area contributed by atoms with Crippen LogP contribution >= 0.6 is 0 Å². The van der Waals surface area contributed by atoms with E-state index in [0.717, 1.165) is 6.07 Å². The molecule has 0 aromatic heterocycles. The van der Waals surface area contributed by atoms with Gasteiger partial charge < -0.3 is 15.4 Å². The van der Waals surface area contributed by atoms with E-state index in [4.69, 9.17) is 4.74 Å². The van der Waals surface area contributed by atoms with Gasteiger partial charge in [-0.05, 0) is 19.9 Å². The summed E-state index contributed by atoms with van der Waals surface area (Å²) in [5.41, 5.74) is 0.392. The lowest BCUT2D eigenvalue weighted by Gasteiger charge is -2.18. The molecular weight excluding hydrogens is 264 g/mol. The summed E-state index contributed by atoms with van der Waals surface area (Å²) >= 11 is 0. The molecule has 0 amide bonds. The van der Waals surface area contributed by atoms with Crippen molar-refractivity contribution < 1.29 is 13.5 Å². The third-order valence-corrected chi connectivity index (χ3v) is 2.69. The molecule has 0 aliphatic rings. The Morgan fingerprint density at radius 2 is 2.15 bits per heavy atom. The lowest BCUT2D eigenvalue weighted by molar-refractivity contribution is 0.208. The molecule has 2 N–H and O–H groups in total. The van der Waals surface area contributed by atoms with Gasteiger partial charge in [0.15, 0.2) is 5.96 Å². The molecule has 0 spiro atoms. The second-order valence-corrected chi connectivity index (χ2v) is 4.29. The molecule has 1 aromatic rings. The lowest BCUT2D eigenvalue weighted by Crippen LogP contribution is -2.39. The Labute approximate surface area is 118 Å². The highest BCUT2D eigenvalue weighted by molar-refractivity contribution is 5.80. The van der Waals surface area contributed by atoms with Crippen molar-refractivity contribution in [2.45, 2.75) is 19.9 Å². The molecule has 6 heteroatoms. The maximum atomic E-state index is 13.7. The summed E-state index contributed by atoms with van der Waals surface area (Å²) in [6, 6.07) is 3.23. The number of halogens is 2. The van der Waals surface area contributed by atoms with Crippen molar-refractivity contribution in [2.24, 2.45) is 4.99 Å². The zero-order valence-corrected chi connectivity index (χ0v) is 12.0. The average Bonchev–Trinajstić information content (AvgIpc) is 2.39. The number of nitrogens with one attached hydrogen (secondary N) is 2. The van der Waals surface area contributed by atoms with Gasteiger partial charge in [-0.3, -0.25) is 4.99 Å². The number of ether oxygens (including phenoxy) is 1. The van der Waals surface area contributed by atoms with E-state index in [0.29, 0.717) is 31.2 Å². The number of rotatable bonds is 6. The quantitative estimate of drug-likeness (QED) is 0.478. The summed E-state index contributed by atoms with van der Waals surface area (Å²) < 4.78 is 31.5. The van der Waals surface area contributed by atoms with E-state index in [1.54, 1.807) is 14.0 Å². The van der Waals surface area contributed by atoms with Gasteiger partial charge in [-0.2, -0.15) is 0 Å². The predicted molar refractivity (Wildman–Crippen MR) is 75.8 cm³/mol. The molecule has 112 valence electrons. The normalized spacial score (nSPS) is 13.2. The number of nitrogens with zero attached hydrogens (tertiary/aromatic N) is 1. The molecule has 0 heterocycles. The van der Waals surface area contributed by atoms with E-state index in [2.05, 4.69) is 15.6 Å². The monoisotopic (exact) mass is 285 g/mol. The number of methoxy groups -OCH3 is 1. The number of hydrogen-bond donors (Lipinski definition) is 2. The van der Waals surface area contributed by atoms with E-state index in [1.807, 2.05) is 6.92 Å². The summed E-state index contributed by atoms with van der Waals surface area (Å²) in [5.74, 6) is -0.586. The predicted octanol–water partition coefficient (Wildman–Crippen LogP) is 2.23. The van der Waals surface area contributed by atoms with Crippen LogP contribution in [0.4, 0.5) is 8.78 Å². The van der Waals surface area contributed by atoms with Crippen molar-refractivity contribution >= 4 is 5.96 Å². The van der Waals surface area contributed by atoms with Crippen LogP contribution in [0.2, 0.25) is 0 Å². The van der Waals surface area contributed by atoms with Gasteiger partial charge in [-0.1, -0.05) is 6.07 Å². The first-order valence-electron chi connectivity index (χ1n) is 6.57. The maximum absolute atomic E-state index is 13.7. The second-order valence-electron chi connectivity index (χ2n) is 4.29. The fraction of sp³-hybridized carbons (Fsp3) is 0.500.